The van der Waals surface area contributed by atoms with Crippen molar-refractivity contribution < 1.29 is 13.7 Å². The van der Waals surface area contributed by atoms with E-state index in [1.165, 1.54) is 5.56 Å². The van der Waals surface area contributed by atoms with E-state index in [0.717, 1.165) is 17.1 Å². The molecule has 0 spiro atoms. The molecule has 2 aromatic heterocycles. The third-order valence-electron chi connectivity index (χ3n) is 3.53. The standard InChI is InChI=1S/C19H14N2O3/c1-13-4-8-15(9-5-13)23-16-10-6-14(7-11-16)18-20-19(24-21-18)17-3-2-12-22-17/h2-12H,1H3. The molecular formula is C19H14N2O3. The molecule has 0 radical (unpaired) electrons. The Bertz CT molecular complexity index is 924. The fourth-order valence-corrected chi connectivity index (χ4v) is 2.26. The van der Waals surface area contributed by atoms with Gasteiger partial charge in [0.05, 0.1) is 6.26 Å². The third-order valence-corrected chi connectivity index (χ3v) is 3.53. The predicted molar refractivity (Wildman–Crippen MR) is 88.7 cm³/mol. The van der Waals surface area contributed by atoms with Gasteiger partial charge in [-0.3, -0.25) is 0 Å². The van der Waals surface area contributed by atoms with E-state index in [2.05, 4.69) is 10.1 Å². The molecule has 0 unspecified atom stereocenters. The van der Waals surface area contributed by atoms with Gasteiger partial charge in [-0.1, -0.05) is 22.9 Å². The predicted octanol–water partition coefficient (Wildman–Crippen LogP) is 5.10. The molecule has 0 N–H and O–H groups in total. The Morgan fingerprint density at radius 1 is 0.875 bits per heavy atom. The summed E-state index contributed by atoms with van der Waals surface area (Å²) in [4.78, 5) is 4.33. The van der Waals surface area contributed by atoms with Gasteiger partial charge in [0.15, 0.2) is 5.76 Å². The van der Waals surface area contributed by atoms with E-state index >= 15 is 0 Å². The van der Waals surface area contributed by atoms with Crippen LogP contribution in [-0.4, -0.2) is 10.1 Å². The van der Waals surface area contributed by atoms with Crippen molar-refractivity contribution in [1.82, 2.24) is 10.1 Å². The van der Waals surface area contributed by atoms with Crippen molar-refractivity contribution in [2.45, 2.75) is 6.92 Å². The zero-order chi connectivity index (χ0) is 16.4. The lowest BCUT2D eigenvalue weighted by Crippen LogP contribution is -1.85. The summed E-state index contributed by atoms with van der Waals surface area (Å²) in [5.74, 6) is 2.96. The molecule has 4 rings (SSSR count). The minimum Gasteiger partial charge on any atom is -0.459 e. The molecule has 118 valence electrons. The van der Waals surface area contributed by atoms with Gasteiger partial charge >= 0.3 is 0 Å². The van der Waals surface area contributed by atoms with Crippen molar-refractivity contribution >= 4 is 0 Å². The van der Waals surface area contributed by atoms with E-state index < -0.39 is 0 Å². The van der Waals surface area contributed by atoms with Crippen molar-refractivity contribution in [2.24, 2.45) is 0 Å². The summed E-state index contributed by atoms with van der Waals surface area (Å²) in [5, 5.41) is 3.98. The van der Waals surface area contributed by atoms with Crippen LogP contribution in [0, 0.1) is 6.92 Å². The molecule has 0 atom stereocenters. The van der Waals surface area contributed by atoms with Gasteiger partial charge in [0, 0.05) is 5.56 Å². The zero-order valence-corrected chi connectivity index (χ0v) is 13.0. The van der Waals surface area contributed by atoms with E-state index in [-0.39, 0.29) is 0 Å². The second kappa shape index (κ2) is 6.04. The Morgan fingerprint density at radius 2 is 1.58 bits per heavy atom. The molecule has 2 heterocycles. The molecule has 0 saturated heterocycles. The maximum Gasteiger partial charge on any atom is 0.293 e. The molecule has 0 aliphatic carbocycles. The summed E-state index contributed by atoms with van der Waals surface area (Å²) in [6.07, 6.45) is 1.57. The van der Waals surface area contributed by atoms with Crippen molar-refractivity contribution in [1.29, 1.82) is 0 Å². The highest BCUT2D eigenvalue weighted by Crippen LogP contribution is 2.26. The number of hydrogen-bond donors (Lipinski definition) is 0. The van der Waals surface area contributed by atoms with Gasteiger partial charge in [0.25, 0.3) is 5.89 Å². The SMILES string of the molecule is Cc1ccc(Oc2ccc(-c3noc(-c4ccco4)n3)cc2)cc1. The summed E-state index contributed by atoms with van der Waals surface area (Å²) in [6.45, 7) is 2.04. The quantitative estimate of drug-likeness (QED) is 0.524. The minimum atomic E-state index is 0.356. The van der Waals surface area contributed by atoms with Gasteiger partial charge in [-0.25, -0.2) is 0 Å². The first-order valence-corrected chi connectivity index (χ1v) is 7.50. The molecular weight excluding hydrogens is 304 g/mol. The monoisotopic (exact) mass is 318 g/mol. The molecule has 0 fully saturated rings. The highest BCUT2D eigenvalue weighted by atomic mass is 16.5. The fourth-order valence-electron chi connectivity index (χ4n) is 2.26. The van der Waals surface area contributed by atoms with Crippen LogP contribution in [0.4, 0.5) is 0 Å². The van der Waals surface area contributed by atoms with Gasteiger partial charge < -0.3 is 13.7 Å². The van der Waals surface area contributed by atoms with Crippen LogP contribution in [0.5, 0.6) is 11.5 Å². The second-order valence-electron chi connectivity index (χ2n) is 5.34. The first-order chi connectivity index (χ1) is 11.8. The number of furan rings is 1. The Labute approximate surface area is 138 Å². The van der Waals surface area contributed by atoms with Gasteiger partial charge in [-0.2, -0.15) is 4.98 Å². The molecule has 4 aromatic rings. The topological polar surface area (TPSA) is 61.3 Å². The van der Waals surface area contributed by atoms with E-state index in [9.17, 15) is 0 Å². The largest absolute Gasteiger partial charge is 0.459 e. The zero-order valence-electron chi connectivity index (χ0n) is 13.0. The summed E-state index contributed by atoms with van der Waals surface area (Å²) >= 11 is 0. The van der Waals surface area contributed by atoms with Crippen LogP contribution in [-0.2, 0) is 0 Å². The fraction of sp³-hybridized carbons (Fsp3) is 0.0526. The normalized spacial score (nSPS) is 10.7. The smallest absolute Gasteiger partial charge is 0.293 e. The van der Waals surface area contributed by atoms with Crippen LogP contribution in [0.3, 0.4) is 0 Å². The molecule has 0 saturated carbocycles. The van der Waals surface area contributed by atoms with Crippen LogP contribution >= 0.6 is 0 Å². The van der Waals surface area contributed by atoms with Gasteiger partial charge in [-0.05, 0) is 55.5 Å². The van der Waals surface area contributed by atoms with Gasteiger partial charge in [-0.15, -0.1) is 0 Å². The number of benzene rings is 2. The average molecular weight is 318 g/mol. The second-order valence-corrected chi connectivity index (χ2v) is 5.34. The number of rotatable bonds is 4. The van der Waals surface area contributed by atoms with Crippen molar-refractivity contribution in [3.05, 3.63) is 72.5 Å². The number of aryl methyl sites for hydroxylation is 1. The van der Waals surface area contributed by atoms with Gasteiger partial charge in [0.2, 0.25) is 5.82 Å². The number of nitrogens with zero attached hydrogens (tertiary/aromatic N) is 2. The highest BCUT2D eigenvalue weighted by Gasteiger charge is 2.12. The molecule has 0 aliphatic rings. The Hall–Kier alpha value is -3.34. The number of aromatic nitrogens is 2. The molecule has 0 bridgehead atoms. The van der Waals surface area contributed by atoms with Crippen LogP contribution in [0.1, 0.15) is 5.56 Å². The van der Waals surface area contributed by atoms with Crippen LogP contribution in [0.15, 0.2) is 75.9 Å². The average Bonchev–Trinajstić information content (AvgIpc) is 3.29. The summed E-state index contributed by atoms with van der Waals surface area (Å²) < 4.78 is 16.3. The Balaban J connectivity index is 1.52. The molecule has 24 heavy (non-hydrogen) atoms. The van der Waals surface area contributed by atoms with Crippen LogP contribution < -0.4 is 4.74 Å². The van der Waals surface area contributed by atoms with Crippen LogP contribution in [0.25, 0.3) is 23.0 Å². The highest BCUT2D eigenvalue weighted by molar-refractivity contribution is 5.58. The number of hydrogen-bond acceptors (Lipinski definition) is 5. The van der Waals surface area contributed by atoms with E-state index in [4.69, 9.17) is 13.7 Å². The lowest BCUT2D eigenvalue weighted by Gasteiger charge is -2.06. The molecule has 0 amide bonds. The Kier molecular flexibility index (Phi) is 3.59. The van der Waals surface area contributed by atoms with Crippen molar-refractivity contribution in [2.75, 3.05) is 0 Å². The lowest BCUT2D eigenvalue weighted by molar-refractivity contribution is 0.417. The molecule has 0 aliphatic heterocycles. The van der Waals surface area contributed by atoms with E-state index in [1.807, 2.05) is 55.5 Å². The van der Waals surface area contributed by atoms with E-state index in [1.54, 1.807) is 18.4 Å². The first kappa shape index (κ1) is 14.3. The molecule has 5 heteroatoms. The minimum absolute atomic E-state index is 0.356. The first-order valence-electron chi connectivity index (χ1n) is 7.50. The van der Waals surface area contributed by atoms with E-state index in [0.29, 0.717) is 17.5 Å². The van der Waals surface area contributed by atoms with Crippen molar-refractivity contribution in [3.63, 3.8) is 0 Å². The summed E-state index contributed by atoms with van der Waals surface area (Å²) in [7, 11) is 0. The maximum atomic E-state index is 5.81. The Morgan fingerprint density at radius 3 is 2.25 bits per heavy atom. The van der Waals surface area contributed by atoms with Crippen LogP contribution in [0.2, 0.25) is 0 Å². The lowest BCUT2D eigenvalue weighted by atomic mass is 10.2. The third kappa shape index (κ3) is 2.92. The molecule has 2 aromatic carbocycles. The molecule has 5 nitrogen and oxygen atoms in total. The summed E-state index contributed by atoms with van der Waals surface area (Å²) in [5.41, 5.74) is 2.04. The summed E-state index contributed by atoms with van der Waals surface area (Å²) in [6, 6.07) is 19.0. The number of ether oxygens (including phenoxy) is 1. The van der Waals surface area contributed by atoms with Crippen molar-refractivity contribution in [3.8, 4) is 34.5 Å². The maximum absolute atomic E-state index is 5.81. The van der Waals surface area contributed by atoms with Gasteiger partial charge in [0.1, 0.15) is 11.5 Å².